The van der Waals surface area contributed by atoms with Gasteiger partial charge in [-0.2, -0.15) is 5.26 Å². The Labute approximate surface area is 77.6 Å². The Hall–Kier alpha value is -1.81. The Kier molecular flexibility index (Phi) is 1.97. The molecule has 0 saturated carbocycles. The summed E-state index contributed by atoms with van der Waals surface area (Å²) in [7, 11) is 0. The second-order valence-corrected chi connectivity index (χ2v) is 2.99. The van der Waals surface area contributed by atoms with Gasteiger partial charge in [0.25, 0.3) is 0 Å². The van der Waals surface area contributed by atoms with Crippen LogP contribution in [0.25, 0.3) is 5.57 Å². The van der Waals surface area contributed by atoms with Crippen LogP contribution in [0.1, 0.15) is 11.1 Å². The molecule has 1 aromatic rings. The molecule has 0 fully saturated rings. The third-order valence-electron chi connectivity index (χ3n) is 2.18. The summed E-state index contributed by atoms with van der Waals surface area (Å²) in [4.78, 5) is 0. The van der Waals surface area contributed by atoms with Crippen LogP contribution in [0.4, 0.5) is 0 Å². The van der Waals surface area contributed by atoms with Crippen LogP contribution in [-0.2, 0) is 6.42 Å². The summed E-state index contributed by atoms with van der Waals surface area (Å²) in [6.45, 7) is 0. The van der Waals surface area contributed by atoms with Gasteiger partial charge in [-0.05, 0) is 23.1 Å². The molecular formula is C12H9N. The van der Waals surface area contributed by atoms with Crippen molar-refractivity contribution >= 4 is 5.57 Å². The van der Waals surface area contributed by atoms with Crippen LogP contribution in [0.15, 0.2) is 42.5 Å². The van der Waals surface area contributed by atoms with Gasteiger partial charge in [0.2, 0.25) is 0 Å². The fraction of sp³-hybridized carbons (Fsp3) is 0.0833. The molecule has 1 aliphatic rings. The molecule has 62 valence electrons. The number of hydrogen-bond donors (Lipinski definition) is 0. The number of benzene rings is 1. The molecule has 2 rings (SSSR count). The highest BCUT2D eigenvalue weighted by Crippen LogP contribution is 2.24. The van der Waals surface area contributed by atoms with Gasteiger partial charge >= 0.3 is 0 Å². The van der Waals surface area contributed by atoms with Gasteiger partial charge in [0.05, 0.1) is 6.07 Å². The maximum atomic E-state index is 8.58. The molecule has 0 unspecified atom stereocenters. The first-order chi connectivity index (χ1) is 6.42. The molecule has 0 radical (unpaired) electrons. The Balaban J connectivity index is 2.56. The van der Waals surface area contributed by atoms with Crippen molar-refractivity contribution < 1.29 is 0 Å². The molecule has 0 aromatic heterocycles. The molecule has 0 heterocycles. The highest BCUT2D eigenvalue weighted by Gasteiger charge is 2.07. The fourth-order valence-electron chi connectivity index (χ4n) is 1.58. The number of nitrogens with zero attached hydrogens (tertiary/aromatic N) is 1. The molecule has 0 spiro atoms. The fourth-order valence-corrected chi connectivity index (χ4v) is 1.58. The molecule has 0 aliphatic heterocycles. The van der Waals surface area contributed by atoms with Crippen LogP contribution in [-0.4, -0.2) is 0 Å². The van der Waals surface area contributed by atoms with E-state index in [1.54, 1.807) is 6.08 Å². The number of rotatable bonds is 0. The first kappa shape index (κ1) is 7.82. The summed E-state index contributed by atoms with van der Waals surface area (Å²) < 4.78 is 0. The summed E-state index contributed by atoms with van der Waals surface area (Å²) in [6, 6.07) is 10.3. The zero-order valence-electron chi connectivity index (χ0n) is 7.20. The quantitative estimate of drug-likeness (QED) is 0.545. The first-order valence-electron chi connectivity index (χ1n) is 4.26. The lowest BCUT2D eigenvalue weighted by Crippen LogP contribution is -1.95. The highest BCUT2D eigenvalue weighted by atomic mass is 14.2. The average molecular weight is 167 g/mol. The van der Waals surface area contributed by atoms with Crippen molar-refractivity contribution in [2.45, 2.75) is 6.42 Å². The van der Waals surface area contributed by atoms with Crippen LogP contribution in [0, 0.1) is 11.3 Å². The standard InChI is InChI=1S/C12H9N/c13-9-8-11-6-3-5-10-4-1-2-7-12(10)11/h1-4,6-8H,5H2. The molecular weight excluding hydrogens is 158 g/mol. The molecule has 1 heteroatoms. The van der Waals surface area contributed by atoms with Crippen LogP contribution in [0.2, 0.25) is 0 Å². The van der Waals surface area contributed by atoms with Crippen molar-refractivity contribution in [2.24, 2.45) is 0 Å². The maximum Gasteiger partial charge on any atom is 0.0918 e. The lowest BCUT2D eigenvalue weighted by molar-refractivity contribution is 1.23. The predicted molar refractivity (Wildman–Crippen MR) is 52.9 cm³/mol. The largest absolute Gasteiger partial charge is 0.193 e. The minimum atomic E-state index is 0.971. The van der Waals surface area contributed by atoms with E-state index >= 15 is 0 Å². The van der Waals surface area contributed by atoms with Gasteiger partial charge in [-0.1, -0.05) is 36.4 Å². The summed E-state index contributed by atoms with van der Waals surface area (Å²) in [5, 5.41) is 8.58. The smallest absolute Gasteiger partial charge is 0.0918 e. The molecule has 0 saturated heterocycles. The van der Waals surface area contributed by atoms with E-state index in [0.29, 0.717) is 0 Å². The van der Waals surface area contributed by atoms with Crippen LogP contribution in [0.3, 0.4) is 0 Å². The van der Waals surface area contributed by atoms with Crippen molar-refractivity contribution in [1.82, 2.24) is 0 Å². The topological polar surface area (TPSA) is 23.8 Å². The number of hydrogen-bond acceptors (Lipinski definition) is 1. The van der Waals surface area contributed by atoms with Gasteiger partial charge in [-0.25, -0.2) is 0 Å². The van der Waals surface area contributed by atoms with Gasteiger partial charge in [0, 0.05) is 6.08 Å². The SMILES string of the molecule is N#CC=C1C=CCc2ccccc21. The minimum absolute atomic E-state index is 0.971. The van der Waals surface area contributed by atoms with Gasteiger partial charge < -0.3 is 0 Å². The molecule has 0 amide bonds. The van der Waals surface area contributed by atoms with Crippen LogP contribution >= 0.6 is 0 Å². The number of allylic oxidation sites excluding steroid dienone is 4. The second kappa shape index (κ2) is 3.28. The van der Waals surface area contributed by atoms with E-state index < -0.39 is 0 Å². The third-order valence-corrected chi connectivity index (χ3v) is 2.18. The summed E-state index contributed by atoms with van der Waals surface area (Å²) >= 11 is 0. The van der Waals surface area contributed by atoms with Crippen molar-refractivity contribution in [3.63, 3.8) is 0 Å². The van der Waals surface area contributed by atoms with Crippen LogP contribution < -0.4 is 0 Å². The van der Waals surface area contributed by atoms with Crippen LogP contribution in [0.5, 0.6) is 0 Å². The molecule has 0 atom stereocenters. The van der Waals surface area contributed by atoms with Gasteiger partial charge in [-0.3, -0.25) is 0 Å². The Morgan fingerprint density at radius 2 is 2.15 bits per heavy atom. The molecule has 0 bridgehead atoms. The maximum absolute atomic E-state index is 8.58. The van der Waals surface area contributed by atoms with E-state index in [4.69, 9.17) is 5.26 Å². The van der Waals surface area contributed by atoms with E-state index in [-0.39, 0.29) is 0 Å². The second-order valence-electron chi connectivity index (χ2n) is 2.99. The van der Waals surface area contributed by atoms with E-state index in [1.807, 2.05) is 18.2 Å². The molecule has 1 aliphatic carbocycles. The van der Waals surface area contributed by atoms with E-state index in [1.165, 1.54) is 11.1 Å². The van der Waals surface area contributed by atoms with E-state index in [0.717, 1.165) is 12.0 Å². The summed E-state index contributed by atoms with van der Waals surface area (Å²) in [5.74, 6) is 0. The first-order valence-corrected chi connectivity index (χ1v) is 4.26. The predicted octanol–water partition coefficient (Wildman–Crippen LogP) is 2.71. The summed E-state index contributed by atoms with van der Waals surface area (Å²) in [5.41, 5.74) is 3.50. The molecule has 0 N–H and O–H groups in total. The molecule has 1 aromatic carbocycles. The molecule has 13 heavy (non-hydrogen) atoms. The number of fused-ring (bicyclic) bond motifs is 1. The number of nitriles is 1. The Morgan fingerprint density at radius 3 is 3.00 bits per heavy atom. The monoisotopic (exact) mass is 167 g/mol. The van der Waals surface area contributed by atoms with Crippen molar-refractivity contribution in [3.8, 4) is 6.07 Å². The minimum Gasteiger partial charge on any atom is -0.193 e. The van der Waals surface area contributed by atoms with Crippen molar-refractivity contribution in [2.75, 3.05) is 0 Å². The van der Waals surface area contributed by atoms with Gasteiger partial charge in [0.15, 0.2) is 0 Å². The average Bonchev–Trinajstić information content (AvgIpc) is 2.19. The van der Waals surface area contributed by atoms with Crippen molar-refractivity contribution in [1.29, 1.82) is 5.26 Å². The van der Waals surface area contributed by atoms with Gasteiger partial charge in [-0.15, -0.1) is 0 Å². The van der Waals surface area contributed by atoms with E-state index in [2.05, 4.69) is 24.3 Å². The lowest BCUT2D eigenvalue weighted by Gasteiger charge is -2.12. The van der Waals surface area contributed by atoms with Gasteiger partial charge in [0.1, 0.15) is 0 Å². The normalized spacial score (nSPS) is 16.7. The Bertz CT molecular complexity index is 419. The lowest BCUT2D eigenvalue weighted by atomic mass is 9.93. The highest BCUT2D eigenvalue weighted by molar-refractivity contribution is 5.79. The molecule has 1 nitrogen and oxygen atoms in total. The van der Waals surface area contributed by atoms with E-state index in [9.17, 15) is 0 Å². The zero-order chi connectivity index (χ0) is 9.10. The third kappa shape index (κ3) is 1.39. The Morgan fingerprint density at radius 1 is 1.31 bits per heavy atom. The van der Waals surface area contributed by atoms with Crippen molar-refractivity contribution in [3.05, 3.63) is 53.6 Å². The summed E-state index contributed by atoms with van der Waals surface area (Å²) in [6.07, 6.45) is 6.66. The zero-order valence-corrected chi connectivity index (χ0v) is 7.20.